The predicted octanol–water partition coefficient (Wildman–Crippen LogP) is 5.73. The average Bonchev–Trinajstić information content (AvgIpc) is 2.77. The number of aliphatic hydroxyl groups excluding tert-OH is 3. The van der Waals surface area contributed by atoms with Crippen LogP contribution in [0.25, 0.3) is 0 Å². The van der Waals surface area contributed by atoms with Gasteiger partial charge in [0.15, 0.2) is 6.29 Å². The van der Waals surface area contributed by atoms with Crippen LogP contribution >= 0.6 is 0 Å². The molecule has 0 aromatic heterocycles. The van der Waals surface area contributed by atoms with Gasteiger partial charge in [-0.05, 0) is 25.7 Å². The van der Waals surface area contributed by atoms with Gasteiger partial charge in [-0.2, -0.15) is 0 Å². The summed E-state index contributed by atoms with van der Waals surface area (Å²) in [6, 6.07) is 0. The van der Waals surface area contributed by atoms with Crippen LogP contribution in [0, 0.1) is 5.92 Å². The third-order valence-electron chi connectivity index (χ3n) is 6.74. The zero-order chi connectivity index (χ0) is 22.9. The minimum absolute atomic E-state index is 0.460. The molecular formula is C26H52O5. The normalized spacial score (nSPS) is 27.5. The lowest BCUT2D eigenvalue weighted by Crippen LogP contribution is -2.57. The molecule has 0 aromatic rings. The van der Waals surface area contributed by atoms with E-state index in [2.05, 4.69) is 13.8 Å². The van der Waals surface area contributed by atoms with Crippen LogP contribution < -0.4 is 0 Å². The summed E-state index contributed by atoms with van der Waals surface area (Å²) in [5.41, 5.74) is 0. The topological polar surface area (TPSA) is 79.2 Å². The number of hydrogen-bond acceptors (Lipinski definition) is 5. The Balaban J connectivity index is 2.35. The number of ether oxygens (including phenoxy) is 2. The van der Waals surface area contributed by atoms with Crippen molar-refractivity contribution >= 4 is 0 Å². The van der Waals surface area contributed by atoms with E-state index in [1.54, 1.807) is 6.92 Å². The number of aliphatic hydroxyl groups is 3. The Kier molecular flexibility index (Phi) is 17.0. The number of rotatable bonds is 19. The molecule has 0 radical (unpaired) electrons. The molecule has 1 aliphatic heterocycles. The molecule has 2 unspecified atom stereocenters. The molecule has 1 heterocycles. The second-order valence-corrected chi connectivity index (χ2v) is 9.70. The minimum Gasteiger partial charge on any atom is -0.388 e. The van der Waals surface area contributed by atoms with E-state index in [9.17, 15) is 15.3 Å². The van der Waals surface area contributed by atoms with Crippen LogP contribution in [-0.4, -0.2) is 52.6 Å². The van der Waals surface area contributed by atoms with Gasteiger partial charge in [0, 0.05) is 0 Å². The molecule has 31 heavy (non-hydrogen) atoms. The van der Waals surface area contributed by atoms with E-state index in [0.717, 1.165) is 12.8 Å². The van der Waals surface area contributed by atoms with Crippen molar-refractivity contribution in [3.05, 3.63) is 0 Å². The third kappa shape index (κ3) is 12.6. The summed E-state index contributed by atoms with van der Waals surface area (Å²) in [6.45, 7) is 6.75. The van der Waals surface area contributed by atoms with Crippen LogP contribution in [0.3, 0.4) is 0 Å². The van der Waals surface area contributed by atoms with Gasteiger partial charge < -0.3 is 24.8 Å². The quantitative estimate of drug-likeness (QED) is 0.222. The van der Waals surface area contributed by atoms with E-state index in [1.807, 2.05) is 0 Å². The molecule has 0 spiro atoms. The van der Waals surface area contributed by atoms with Crippen LogP contribution in [0.2, 0.25) is 0 Å². The molecule has 1 aliphatic rings. The molecule has 0 saturated carbocycles. The maximum atomic E-state index is 10.2. The summed E-state index contributed by atoms with van der Waals surface area (Å²) >= 11 is 0. The molecule has 186 valence electrons. The molecule has 1 saturated heterocycles. The fourth-order valence-electron chi connectivity index (χ4n) is 4.47. The first-order valence-electron chi connectivity index (χ1n) is 13.3. The fraction of sp³-hybridized carbons (Fsp3) is 1.00. The summed E-state index contributed by atoms with van der Waals surface area (Å²) in [6.07, 6.45) is 15.7. The van der Waals surface area contributed by atoms with Crippen molar-refractivity contribution in [1.29, 1.82) is 0 Å². The Morgan fingerprint density at radius 2 is 1.10 bits per heavy atom. The van der Waals surface area contributed by atoms with Crippen molar-refractivity contribution in [3.8, 4) is 0 Å². The Morgan fingerprint density at radius 3 is 1.58 bits per heavy atom. The van der Waals surface area contributed by atoms with Crippen LogP contribution in [0.5, 0.6) is 0 Å². The van der Waals surface area contributed by atoms with Gasteiger partial charge in [-0.25, -0.2) is 0 Å². The summed E-state index contributed by atoms with van der Waals surface area (Å²) in [5.74, 6) is 0.460. The highest BCUT2D eigenvalue weighted by Crippen LogP contribution is 2.25. The van der Waals surface area contributed by atoms with Crippen LogP contribution in [0.1, 0.15) is 124 Å². The Labute approximate surface area is 191 Å². The molecule has 1 rings (SSSR count). The van der Waals surface area contributed by atoms with E-state index in [0.29, 0.717) is 12.5 Å². The van der Waals surface area contributed by atoms with Gasteiger partial charge in [-0.1, -0.05) is 104 Å². The van der Waals surface area contributed by atoms with Crippen LogP contribution in [0.15, 0.2) is 0 Å². The highest BCUT2D eigenvalue weighted by atomic mass is 16.7. The van der Waals surface area contributed by atoms with Gasteiger partial charge >= 0.3 is 0 Å². The van der Waals surface area contributed by atoms with Crippen molar-refractivity contribution in [1.82, 2.24) is 0 Å². The Bertz CT molecular complexity index is 405. The maximum absolute atomic E-state index is 10.2. The second kappa shape index (κ2) is 18.3. The van der Waals surface area contributed by atoms with Crippen LogP contribution in [-0.2, 0) is 9.47 Å². The van der Waals surface area contributed by atoms with Gasteiger partial charge in [0.1, 0.15) is 18.3 Å². The third-order valence-corrected chi connectivity index (χ3v) is 6.74. The van der Waals surface area contributed by atoms with Crippen molar-refractivity contribution in [2.24, 2.45) is 5.92 Å². The van der Waals surface area contributed by atoms with Crippen molar-refractivity contribution in [2.75, 3.05) is 6.61 Å². The maximum Gasteiger partial charge on any atom is 0.186 e. The zero-order valence-electron chi connectivity index (χ0n) is 20.6. The molecule has 0 aliphatic carbocycles. The lowest BCUT2D eigenvalue weighted by molar-refractivity contribution is -0.295. The summed E-state index contributed by atoms with van der Waals surface area (Å²) in [5, 5.41) is 30.1. The fourth-order valence-corrected chi connectivity index (χ4v) is 4.47. The molecule has 1 fully saturated rings. The first kappa shape index (κ1) is 28.8. The van der Waals surface area contributed by atoms with Gasteiger partial charge in [0.05, 0.1) is 12.7 Å². The van der Waals surface area contributed by atoms with E-state index in [1.165, 1.54) is 89.9 Å². The summed E-state index contributed by atoms with van der Waals surface area (Å²) < 4.78 is 11.5. The largest absolute Gasteiger partial charge is 0.388 e. The van der Waals surface area contributed by atoms with E-state index < -0.39 is 30.7 Å². The van der Waals surface area contributed by atoms with Gasteiger partial charge in [0.2, 0.25) is 0 Å². The SMILES string of the molecule is CCCCCCCCCCC(CCCCCCCC)COC1O[C@@H](C)[C@H](O)[C@@H](O)[C@H]1O. The van der Waals surface area contributed by atoms with Crippen molar-refractivity contribution < 1.29 is 24.8 Å². The molecular weight excluding hydrogens is 392 g/mol. The number of hydrogen-bond donors (Lipinski definition) is 3. The first-order valence-corrected chi connectivity index (χ1v) is 13.3. The molecule has 3 N–H and O–H groups in total. The molecule has 0 amide bonds. The molecule has 5 nitrogen and oxygen atoms in total. The number of unbranched alkanes of at least 4 members (excludes halogenated alkanes) is 12. The molecule has 6 atom stereocenters. The summed E-state index contributed by atoms with van der Waals surface area (Å²) in [7, 11) is 0. The predicted molar refractivity (Wildman–Crippen MR) is 127 cm³/mol. The van der Waals surface area contributed by atoms with Crippen LogP contribution in [0.4, 0.5) is 0 Å². The van der Waals surface area contributed by atoms with Gasteiger partial charge in [0.25, 0.3) is 0 Å². The van der Waals surface area contributed by atoms with Gasteiger partial charge in [-0.15, -0.1) is 0 Å². The Hall–Kier alpha value is -0.200. The van der Waals surface area contributed by atoms with Crippen molar-refractivity contribution in [2.45, 2.75) is 154 Å². The van der Waals surface area contributed by atoms with Gasteiger partial charge in [-0.3, -0.25) is 0 Å². The average molecular weight is 445 g/mol. The standard InChI is InChI=1S/C26H52O5/c1-4-6-8-10-12-13-15-17-19-22(18-16-14-11-9-7-5-2)20-30-26-25(29)24(28)23(27)21(3)31-26/h21-29H,4-20H2,1-3H3/t21-,22?,23-,24+,25+,26?/m0/s1. The zero-order valence-corrected chi connectivity index (χ0v) is 20.6. The molecule has 0 aromatic carbocycles. The lowest BCUT2D eigenvalue weighted by Gasteiger charge is -2.39. The minimum atomic E-state index is -1.22. The van der Waals surface area contributed by atoms with Crippen molar-refractivity contribution in [3.63, 3.8) is 0 Å². The highest BCUT2D eigenvalue weighted by Gasteiger charge is 2.42. The molecule has 0 bridgehead atoms. The molecule has 5 heteroatoms. The monoisotopic (exact) mass is 444 g/mol. The summed E-state index contributed by atoms with van der Waals surface area (Å²) in [4.78, 5) is 0. The Morgan fingerprint density at radius 1 is 0.645 bits per heavy atom. The lowest BCUT2D eigenvalue weighted by atomic mass is 9.94. The smallest absolute Gasteiger partial charge is 0.186 e. The van der Waals surface area contributed by atoms with E-state index in [-0.39, 0.29) is 0 Å². The highest BCUT2D eigenvalue weighted by molar-refractivity contribution is 4.87. The van der Waals surface area contributed by atoms with E-state index in [4.69, 9.17) is 9.47 Å². The first-order chi connectivity index (χ1) is 15.0. The second-order valence-electron chi connectivity index (χ2n) is 9.70. The van der Waals surface area contributed by atoms with E-state index >= 15 is 0 Å².